The number of allylic oxidation sites excluding steroid dienone is 3. The second kappa shape index (κ2) is 9.24. The first-order chi connectivity index (χ1) is 18.6. The van der Waals surface area contributed by atoms with Crippen LogP contribution in [0.25, 0.3) is 6.08 Å². The maximum Gasteiger partial charge on any atom is 0.253 e. The van der Waals surface area contributed by atoms with Gasteiger partial charge in [0.2, 0.25) is 17.6 Å². The number of aromatic hydroxyl groups is 1. The molecule has 3 fully saturated rings. The molecule has 2 saturated heterocycles. The van der Waals surface area contributed by atoms with Crippen molar-refractivity contribution in [3.63, 3.8) is 0 Å². The van der Waals surface area contributed by atoms with Crippen molar-refractivity contribution < 1.29 is 33.8 Å². The highest BCUT2D eigenvalue weighted by Crippen LogP contribution is 2.63. The fourth-order valence-electron chi connectivity index (χ4n) is 6.87. The normalized spacial score (nSPS) is 33.8. The highest BCUT2D eigenvalue weighted by Gasteiger charge is 2.75. The maximum atomic E-state index is 13.8. The molecule has 4 aliphatic rings. The molecule has 1 N–H and O–H groups in total. The van der Waals surface area contributed by atoms with E-state index in [1.54, 1.807) is 24.3 Å². The van der Waals surface area contributed by atoms with Gasteiger partial charge in [0.1, 0.15) is 0 Å². The number of hydrogen-bond acceptors (Lipinski definition) is 7. The van der Waals surface area contributed by atoms with Gasteiger partial charge in [0, 0.05) is 18.5 Å². The molecule has 40 heavy (non-hydrogen) atoms. The van der Waals surface area contributed by atoms with E-state index < -0.39 is 50.8 Å². The Morgan fingerprint density at radius 1 is 1.00 bits per heavy atom. The monoisotopic (exact) mass is 590 g/mol. The van der Waals surface area contributed by atoms with E-state index >= 15 is 0 Å². The fourth-order valence-corrected chi connectivity index (χ4v) is 7.85. The molecule has 214 valence electrons. The number of phenolic OH excluding ortho intramolecular Hbond substituents is 1. The molecular formula is C29H32Cl2N2O7. The summed E-state index contributed by atoms with van der Waals surface area (Å²) >= 11 is 14.2. The van der Waals surface area contributed by atoms with Gasteiger partial charge < -0.3 is 14.6 Å². The molecule has 4 amide bonds. The Morgan fingerprint density at radius 2 is 1.60 bits per heavy atom. The number of rotatable bonds is 4. The van der Waals surface area contributed by atoms with Gasteiger partial charge in [-0.3, -0.25) is 29.0 Å². The summed E-state index contributed by atoms with van der Waals surface area (Å²) in [5, 5.41) is 10.3. The molecule has 5 rings (SSSR count). The molecule has 2 aliphatic carbocycles. The van der Waals surface area contributed by atoms with Crippen molar-refractivity contribution in [1.82, 2.24) is 9.80 Å². The molecule has 0 aromatic heterocycles. The Hall–Kier alpha value is -3.04. The third-order valence-electron chi connectivity index (χ3n) is 8.72. The minimum atomic E-state index is -1.85. The molecule has 2 aliphatic heterocycles. The zero-order chi connectivity index (χ0) is 29.5. The lowest BCUT2D eigenvalue weighted by Gasteiger charge is -2.49. The first-order valence-electron chi connectivity index (χ1n) is 13.0. The van der Waals surface area contributed by atoms with Crippen LogP contribution < -0.4 is 9.47 Å². The van der Waals surface area contributed by atoms with Gasteiger partial charge in [-0.05, 0) is 57.2 Å². The standard InChI is InChI=1S/C29H32Cl2N2O7/c1-27(2,3)33-23(35)16-9-8-15-17(21(16)24(33)36)13-28(30)25(37)32(4)26(38)29(28,31)18(15)10-7-14-11-19(39-5)22(34)20(12-14)40-6/h7-8,10-12,16-18,21,34H,9,13H2,1-6H3. The number of imide groups is 2. The number of amides is 4. The third-order valence-corrected chi connectivity index (χ3v) is 10.2. The molecule has 0 bridgehead atoms. The fraction of sp³-hybridized carbons (Fsp3) is 0.517. The number of ether oxygens (including phenoxy) is 2. The zero-order valence-electron chi connectivity index (χ0n) is 23.2. The van der Waals surface area contributed by atoms with Crippen molar-refractivity contribution in [2.45, 2.75) is 48.9 Å². The molecule has 1 aromatic carbocycles. The number of alkyl halides is 2. The van der Waals surface area contributed by atoms with Gasteiger partial charge in [-0.2, -0.15) is 0 Å². The summed E-state index contributed by atoms with van der Waals surface area (Å²) in [5.41, 5.74) is 0.555. The number of fused-ring (bicyclic) bond motifs is 4. The number of nitrogens with zero attached hydrogens (tertiary/aromatic N) is 2. The quantitative estimate of drug-likeness (QED) is 0.323. The van der Waals surface area contributed by atoms with E-state index in [0.29, 0.717) is 17.6 Å². The summed E-state index contributed by atoms with van der Waals surface area (Å²) in [7, 11) is 4.16. The number of benzene rings is 1. The van der Waals surface area contributed by atoms with Gasteiger partial charge in [0.25, 0.3) is 11.8 Å². The third kappa shape index (κ3) is 3.66. The van der Waals surface area contributed by atoms with E-state index in [2.05, 4.69) is 0 Å². The van der Waals surface area contributed by atoms with Crippen molar-refractivity contribution in [3.05, 3.63) is 35.4 Å². The van der Waals surface area contributed by atoms with E-state index in [4.69, 9.17) is 32.7 Å². The number of carbonyl (C=O) groups excluding carboxylic acids is 4. The van der Waals surface area contributed by atoms with E-state index in [1.165, 1.54) is 26.2 Å². The molecule has 11 heteroatoms. The summed E-state index contributed by atoms with van der Waals surface area (Å²) in [6, 6.07) is 3.17. The van der Waals surface area contributed by atoms with Gasteiger partial charge in [-0.1, -0.05) is 23.8 Å². The smallest absolute Gasteiger partial charge is 0.253 e. The number of hydrogen-bond donors (Lipinski definition) is 1. The van der Waals surface area contributed by atoms with Crippen molar-refractivity contribution in [2.24, 2.45) is 23.7 Å². The topological polar surface area (TPSA) is 113 Å². The summed E-state index contributed by atoms with van der Waals surface area (Å²) in [6.07, 6.45) is 5.51. The van der Waals surface area contributed by atoms with E-state index in [-0.39, 0.29) is 35.5 Å². The van der Waals surface area contributed by atoms with Crippen LogP contribution in [-0.4, -0.2) is 75.1 Å². The lowest BCUT2D eigenvalue weighted by Crippen LogP contribution is -2.60. The molecule has 9 nitrogen and oxygen atoms in total. The number of likely N-dealkylation sites (tertiary alicyclic amines) is 2. The Kier molecular flexibility index (Phi) is 6.58. The Balaban J connectivity index is 1.65. The average molecular weight is 591 g/mol. The molecule has 0 radical (unpaired) electrons. The Morgan fingerprint density at radius 3 is 2.15 bits per heavy atom. The van der Waals surface area contributed by atoms with Crippen molar-refractivity contribution >= 4 is 52.9 Å². The van der Waals surface area contributed by atoms with Crippen LogP contribution in [0.15, 0.2) is 29.9 Å². The van der Waals surface area contributed by atoms with Crippen molar-refractivity contribution in [3.8, 4) is 17.2 Å². The zero-order valence-corrected chi connectivity index (χ0v) is 24.7. The lowest BCUT2D eigenvalue weighted by molar-refractivity contribution is -0.146. The number of carbonyl (C=O) groups is 4. The average Bonchev–Trinajstić information content (AvgIpc) is 3.23. The number of phenols is 1. The highest BCUT2D eigenvalue weighted by molar-refractivity contribution is 6.53. The first kappa shape index (κ1) is 28.5. The van der Waals surface area contributed by atoms with E-state index in [1.807, 2.05) is 26.8 Å². The Bertz CT molecular complexity index is 1370. The summed E-state index contributed by atoms with van der Waals surface area (Å²) in [6.45, 7) is 5.42. The molecule has 6 unspecified atom stereocenters. The summed E-state index contributed by atoms with van der Waals surface area (Å²) in [4.78, 5) is 52.8. The Labute approximate surface area is 242 Å². The van der Waals surface area contributed by atoms with Gasteiger partial charge in [0.15, 0.2) is 21.2 Å². The van der Waals surface area contributed by atoms with E-state index in [9.17, 15) is 24.3 Å². The van der Waals surface area contributed by atoms with Crippen LogP contribution >= 0.6 is 23.2 Å². The molecule has 6 atom stereocenters. The van der Waals surface area contributed by atoms with Gasteiger partial charge in [-0.15, -0.1) is 23.2 Å². The van der Waals surface area contributed by atoms with Crippen molar-refractivity contribution in [1.29, 1.82) is 0 Å². The number of methoxy groups -OCH3 is 2. The first-order valence-corrected chi connectivity index (χ1v) is 13.8. The second-order valence-corrected chi connectivity index (χ2v) is 13.1. The second-order valence-electron chi connectivity index (χ2n) is 11.9. The SMILES string of the molecule is COc1cc(C=CC2C3=CCC4C(=O)N(C(C)(C)C)C(=O)C4C3CC3(Cl)C(=O)N(C)C(=O)C23Cl)cc(OC)c1O. The molecule has 0 spiro atoms. The lowest BCUT2D eigenvalue weighted by atomic mass is 9.57. The van der Waals surface area contributed by atoms with E-state index in [0.717, 1.165) is 4.90 Å². The van der Waals surface area contributed by atoms with Crippen LogP contribution in [0.5, 0.6) is 17.2 Å². The van der Waals surface area contributed by atoms with Crippen molar-refractivity contribution in [2.75, 3.05) is 21.3 Å². The van der Waals surface area contributed by atoms with Gasteiger partial charge in [-0.25, -0.2) is 0 Å². The molecule has 2 heterocycles. The van der Waals surface area contributed by atoms with Crippen LogP contribution in [0.1, 0.15) is 39.2 Å². The number of halogens is 2. The van der Waals surface area contributed by atoms with Gasteiger partial charge in [0.05, 0.1) is 26.1 Å². The molecular weight excluding hydrogens is 559 g/mol. The van der Waals surface area contributed by atoms with Crippen LogP contribution in [0.4, 0.5) is 0 Å². The van der Waals surface area contributed by atoms with Gasteiger partial charge >= 0.3 is 0 Å². The predicted octanol–water partition coefficient (Wildman–Crippen LogP) is 3.74. The highest BCUT2D eigenvalue weighted by atomic mass is 35.5. The van der Waals surface area contributed by atoms with Crippen LogP contribution in [0.3, 0.4) is 0 Å². The molecule has 1 saturated carbocycles. The predicted molar refractivity (Wildman–Crippen MR) is 148 cm³/mol. The minimum Gasteiger partial charge on any atom is -0.502 e. The van der Waals surface area contributed by atoms with Crippen LogP contribution in [0, 0.1) is 23.7 Å². The van der Waals surface area contributed by atoms with Crippen LogP contribution in [0.2, 0.25) is 0 Å². The molecule has 1 aromatic rings. The van der Waals surface area contributed by atoms with Crippen LogP contribution in [-0.2, 0) is 19.2 Å². The maximum absolute atomic E-state index is 13.8. The minimum absolute atomic E-state index is 0.0534. The summed E-state index contributed by atoms with van der Waals surface area (Å²) < 4.78 is 10.5. The summed E-state index contributed by atoms with van der Waals surface area (Å²) in [5.74, 6) is -4.37. The largest absolute Gasteiger partial charge is 0.502 e.